The van der Waals surface area contributed by atoms with Crippen LogP contribution in [0, 0.1) is 13.8 Å². The number of thiocarbonyl (C=S) groups is 1. The van der Waals surface area contributed by atoms with E-state index in [2.05, 4.69) is 19.2 Å². The number of nitrogens with one attached hydrogen (secondary N) is 1. The zero-order valence-corrected chi connectivity index (χ0v) is 15.5. The molecule has 7 heteroatoms. The van der Waals surface area contributed by atoms with Gasteiger partial charge >= 0.3 is 0 Å². The van der Waals surface area contributed by atoms with Crippen molar-refractivity contribution in [3.05, 3.63) is 29.3 Å². The molecule has 1 N–H and O–H groups in total. The van der Waals surface area contributed by atoms with Gasteiger partial charge in [0.15, 0.2) is 14.9 Å². The second kappa shape index (κ2) is 7.59. The molecule has 1 saturated heterocycles. The molecule has 0 aliphatic carbocycles. The van der Waals surface area contributed by atoms with E-state index >= 15 is 0 Å². The summed E-state index contributed by atoms with van der Waals surface area (Å²) in [5.41, 5.74) is 3.32. The van der Waals surface area contributed by atoms with E-state index < -0.39 is 9.84 Å². The monoisotopic (exact) mass is 356 g/mol. The molecule has 2 rings (SSSR count). The van der Waals surface area contributed by atoms with Crippen LogP contribution >= 0.6 is 12.2 Å². The Morgan fingerprint density at radius 3 is 2.70 bits per heavy atom. The predicted octanol–water partition coefficient (Wildman–Crippen LogP) is 2.14. The van der Waals surface area contributed by atoms with E-state index in [1.165, 1.54) is 11.1 Å². The van der Waals surface area contributed by atoms with E-state index in [1.54, 1.807) is 7.11 Å². The van der Waals surface area contributed by atoms with Gasteiger partial charge in [0.1, 0.15) is 0 Å². The molecule has 0 saturated carbocycles. The van der Waals surface area contributed by atoms with Crippen LogP contribution in [-0.4, -0.2) is 56.2 Å². The number of anilines is 1. The normalized spacial score (nSPS) is 19.5. The number of sulfone groups is 1. The average molecular weight is 357 g/mol. The third kappa shape index (κ3) is 4.89. The Morgan fingerprint density at radius 2 is 2.13 bits per heavy atom. The highest BCUT2D eigenvalue weighted by atomic mass is 32.2. The number of methoxy groups -OCH3 is 1. The van der Waals surface area contributed by atoms with E-state index in [0.29, 0.717) is 24.7 Å². The van der Waals surface area contributed by atoms with Crippen molar-refractivity contribution in [2.75, 3.05) is 37.1 Å². The zero-order valence-electron chi connectivity index (χ0n) is 13.8. The molecule has 0 amide bonds. The summed E-state index contributed by atoms with van der Waals surface area (Å²) in [6.45, 7) is 5.19. The van der Waals surface area contributed by atoms with Crippen LogP contribution in [0.1, 0.15) is 17.5 Å². The molecule has 0 radical (unpaired) electrons. The fourth-order valence-corrected chi connectivity index (χ4v) is 4.76. The first-order chi connectivity index (χ1) is 10.8. The molecule has 1 fully saturated rings. The summed E-state index contributed by atoms with van der Waals surface area (Å²) in [7, 11) is -1.33. The zero-order chi connectivity index (χ0) is 17.0. The van der Waals surface area contributed by atoms with Gasteiger partial charge in [-0.2, -0.15) is 0 Å². The van der Waals surface area contributed by atoms with Gasteiger partial charge < -0.3 is 15.0 Å². The van der Waals surface area contributed by atoms with Gasteiger partial charge in [-0.1, -0.05) is 6.07 Å². The van der Waals surface area contributed by atoms with Crippen molar-refractivity contribution in [2.24, 2.45) is 0 Å². The summed E-state index contributed by atoms with van der Waals surface area (Å²) >= 11 is 5.52. The Hall–Kier alpha value is -1.18. The molecule has 0 aromatic heterocycles. The molecule has 0 spiro atoms. The molecule has 1 heterocycles. The highest BCUT2D eigenvalue weighted by Gasteiger charge is 2.33. The standard InChI is InChI=1S/C16H24N2O3S2/c1-12-4-5-14(10-13(12)2)17-16(22)18(7-8-21-3)15-6-9-23(19,20)11-15/h4-5,10,15H,6-9,11H2,1-3H3,(H,17,22)/t15-/m1/s1. The fraction of sp³-hybridized carbons (Fsp3) is 0.562. The summed E-state index contributed by atoms with van der Waals surface area (Å²) in [5, 5.41) is 3.78. The molecule has 1 aromatic rings. The van der Waals surface area contributed by atoms with Crippen LogP contribution in [0.15, 0.2) is 18.2 Å². The summed E-state index contributed by atoms with van der Waals surface area (Å²) in [6.07, 6.45) is 0.612. The van der Waals surface area contributed by atoms with Gasteiger partial charge in [0.25, 0.3) is 0 Å². The third-order valence-electron chi connectivity index (χ3n) is 4.20. The lowest BCUT2D eigenvalue weighted by Crippen LogP contribution is -2.45. The molecule has 1 atom stereocenters. The minimum atomic E-state index is -2.95. The van der Waals surface area contributed by atoms with Crippen molar-refractivity contribution in [1.29, 1.82) is 0 Å². The van der Waals surface area contributed by atoms with Crippen LogP contribution in [0.3, 0.4) is 0 Å². The van der Waals surface area contributed by atoms with E-state index in [-0.39, 0.29) is 17.5 Å². The maximum absolute atomic E-state index is 11.8. The number of nitrogens with zero attached hydrogens (tertiary/aromatic N) is 1. The van der Waals surface area contributed by atoms with Gasteiger partial charge in [0.05, 0.1) is 18.1 Å². The van der Waals surface area contributed by atoms with Crippen LogP contribution in [0.2, 0.25) is 0 Å². The first-order valence-corrected chi connectivity index (χ1v) is 9.89. The molecular weight excluding hydrogens is 332 g/mol. The van der Waals surface area contributed by atoms with Gasteiger partial charge in [0, 0.05) is 25.4 Å². The van der Waals surface area contributed by atoms with Crippen LogP contribution < -0.4 is 5.32 Å². The summed E-state index contributed by atoms with van der Waals surface area (Å²) in [6, 6.07) is 5.98. The number of hydrogen-bond acceptors (Lipinski definition) is 4. The Labute approximate surface area is 143 Å². The number of ether oxygens (including phenoxy) is 1. The first kappa shape index (κ1) is 18.2. The summed E-state index contributed by atoms with van der Waals surface area (Å²) in [5.74, 6) is 0.388. The van der Waals surface area contributed by atoms with Crippen LogP contribution in [0.4, 0.5) is 5.69 Å². The smallest absolute Gasteiger partial charge is 0.173 e. The van der Waals surface area contributed by atoms with Gasteiger partial charge in [-0.25, -0.2) is 8.42 Å². The SMILES string of the molecule is COCCN(C(=S)Nc1ccc(C)c(C)c1)[C@@H]1CCS(=O)(=O)C1. The fourth-order valence-electron chi connectivity index (χ4n) is 2.68. The van der Waals surface area contributed by atoms with Crippen molar-refractivity contribution in [2.45, 2.75) is 26.3 Å². The molecule has 23 heavy (non-hydrogen) atoms. The van der Waals surface area contributed by atoms with Gasteiger partial charge in [0.2, 0.25) is 0 Å². The Bertz CT molecular complexity index is 674. The molecule has 128 valence electrons. The van der Waals surface area contributed by atoms with E-state index in [4.69, 9.17) is 17.0 Å². The second-order valence-electron chi connectivity index (χ2n) is 5.97. The number of benzene rings is 1. The number of rotatable bonds is 5. The molecule has 0 bridgehead atoms. The Balaban J connectivity index is 2.11. The van der Waals surface area contributed by atoms with Crippen molar-refractivity contribution in [1.82, 2.24) is 4.90 Å². The Kier molecular flexibility index (Phi) is 6.00. The van der Waals surface area contributed by atoms with Crippen LogP contribution in [-0.2, 0) is 14.6 Å². The van der Waals surface area contributed by atoms with Crippen molar-refractivity contribution in [3.63, 3.8) is 0 Å². The average Bonchev–Trinajstić information content (AvgIpc) is 2.83. The minimum Gasteiger partial charge on any atom is -0.383 e. The highest BCUT2D eigenvalue weighted by Crippen LogP contribution is 2.20. The largest absolute Gasteiger partial charge is 0.383 e. The molecule has 0 unspecified atom stereocenters. The van der Waals surface area contributed by atoms with Gasteiger partial charge in [-0.05, 0) is 55.7 Å². The van der Waals surface area contributed by atoms with Crippen molar-refractivity contribution >= 4 is 32.9 Å². The van der Waals surface area contributed by atoms with Crippen molar-refractivity contribution in [3.8, 4) is 0 Å². The van der Waals surface area contributed by atoms with E-state index in [9.17, 15) is 8.42 Å². The first-order valence-electron chi connectivity index (χ1n) is 7.66. The lowest BCUT2D eigenvalue weighted by molar-refractivity contribution is 0.166. The summed E-state index contributed by atoms with van der Waals surface area (Å²) < 4.78 is 28.7. The van der Waals surface area contributed by atoms with E-state index in [1.807, 2.05) is 23.1 Å². The van der Waals surface area contributed by atoms with Gasteiger partial charge in [-0.3, -0.25) is 0 Å². The maximum atomic E-state index is 11.8. The molecule has 1 aliphatic heterocycles. The lowest BCUT2D eigenvalue weighted by atomic mass is 10.1. The third-order valence-corrected chi connectivity index (χ3v) is 6.29. The topological polar surface area (TPSA) is 58.6 Å². The quantitative estimate of drug-likeness (QED) is 0.816. The van der Waals surface area contributed by atoms with Crippen LogP contribution in [0.5, 0.6) is 0 Å². The predicted molar refractivity (Wildman–Crippen MR) is 97.8 cm³/mol. The minimum absolute atomic E-state index is 0.0818. The van der Waals surface area contributed by atoms with Gasteiger partial charge in [-0.15, -0.1) is 0 Å². The van der Waals surface area contributed by atoms with Crippen LogP contribution in [0.25, 0.3) is 0 Å². The second-order valence-corrected chi connectivity index (χ2v) is 8.59. The molecule has 1 aromatic carbocycles. The van der Waals surface area contributed by atoms with Crippen molar-refractivity contribution < 1.29 is 13.2 Å². The number of hydrogen-bond donors (Lipinski definition) is 1. The Morgan fingerprint density at radius 1 is 1.39 bits per heavy atom. The molecular formula is C16H24N2O3S2. The number of aryl methyl sites for hydroxylation is 2. The molecule has 5 nitrogen and oxygen atoms in total. The molecule has 1 aliphatic rings. The van der Waals surface area contributed by atoms with E-state index in [0.717, 1.165) is 5.69 Å². The summed E-state index contributed by atoms with van der Waals surface area (Å²) in [4.78, 5) is 1.94. The lowest BCUT2D eigenvalue weighted by Gasteiger charge is -2.30. The highest BCUT2D eigenvalue weighted by molar-refractivity contribution is 7.91. The maximum Gasteiger partial charge on any atom is 0.173 e.